The van der Waals surface area contributed by atoms with Crippen molar-refractivity contribution >= 4 is 6.09 Å². The molecule has 120 valence electrons. The first-order valence-electron chi connectivity index (χ1n) is 7.63. The van der Waals surface area contributed by atoms with Gasteiger partial charge in [-0.3, -0.25) is 0 Å². The molecule has 1 unspecified atom stereocenters. The van der Waals surface area contributed by atoms with Crippen molar-refractivity contribution in [1.82, 2.24) is 0 Å². The number of hydrogen-bond donors (Lipinski definition) is 1. The van der Waals surface area contributed by atoms with E-state index in [4.69, 9.17) is 10.5 Å². The molecule has 0 heterocycles. The Morgan fingerprint density at radius 2 is 1.96 bits per heavy atom. The van der Waals surface area contributed by atoms with Gasteiger partial charge in [-0.25, -0.2) is 9.18 Å². The minimum Gasteiger partial charge on any atom is -0.441 e. The Labute approximate surface area is 135 Å². The quantitative estimate of drug-likeness (QED) is 0.886. The van der Waals surface area contributed by atoms with Gasteiger partial charge in [-0.05, 0) is 53.3 Å². The smallest absolute Gasteiger partial charge is 0.405 e. The molecule has 0 aromatic heterocycles. The molecule has 0 fully saturated rings. The van der Waals surface area contributed by atoms with Crippen molar-refractivity contribution in [2.24, 2.45) is 11.1 Å². The number of amides is 1. The van der Waals surface area contributed by atoms with Crippen molar-refractivity contribution in [3.05, 3.63) is 58.9 Å². The van der Waals surface area contributed by atoms with Crippen LogP contribution in [0.1, 0.15) is 36.6 Å². The Balaban J connectivity index is 2.03. The van der Waals surface area contributed by atoms with E-state index in [1.54, 1.807) is 0 Å². The lowest BCUT2D eigenvalue weighted by atomic mass is 9.87. The van der Waals surface area contributed by atoms with Gasteiger partial charge < -0.3 is 10.5 Å². The zero-order chi connectivity index (χ0) is 16.8. The lowest BCUT2D eigenvalue weighted by Crippen LogP contribution is -2.25. The van der Waals surface area contributed by atoms with Gasteiger partial charge in [-0.15, -0.1) is 0 Å². The van der Waals surface area contributed by atoms with Gasteiger partial charge in [0.2, 0.25) is 0 Å². The highest BCUT2D eigenvalue weighted by molar-refractivity contribution is 5.68. The van der Waals surface area contributed by atoms with E-state index in [0.717, 1.165) is 34.2 Å². The maximum absolute atomic E-state index is 13.6. The zero-order valence-corrected chi connectivity index (χ0v) is 13.5. The molecule has 2 N–H and O–H groups in total. The number of ether oxygens (including phenoxy) is 1. The summed E-state index contributed by atoms with van der Waals surface area (Å²) >= 11 is 0. The summed E-state index contributed by atoms with van der Waals surface area (Å²) in [5.74, 6) is -0.240. The minimum atomic E-state index is -0.763. The molecule has 1 aliphatic carbocycles. The van der Waals surface area contributed by atoms with Crippen molar-refractivity contribution in [2.75, 3.05) is 0 Å². The topological polar surface area (TPSA) is 52.3 Å². The molecule has 3 nitrogen and oxygen atoms in total. The molecule has 2 aromatic carbocycles. The van der Waals surface area contributed by atoms with E-state index in [-0.39, 0.29) is 17.3 Å². The second-order valence-corrected chi connectivity index (χ2v) is 6.91. The largest absolute Gasteiger partial charge is 0.441 e. The maximum Gasteiger partial charge on any atom is 0.405 e. The van der Waals surface area contributed by atoms with Gasteiger partial charge in [-0.1, -0.05) is 38.1 Å². The molecule has 0 saturated heterocycles. The molecule has 4 heteroatoms. The molecule has 1 atom stereocenters. The molecule has 0 radical (unpaired) electrons. The van der Waals surface area contributed by atoms with E-state index in [1.165, 1.54) is 12.1 Å². The van der Waals surface area contributed by atoms with Gasteiger partial charge in [0.25, 0.3) is 0 Å². The fourth-order valence-corrected chi connectivity index (χ4v) is 3.44. The Morgan fingerprint density at radius 1 is 1.22 bits per heavy atom. The number of fused-ring (bicyclic) bond motifs is 1. The Kier molecular flexibility index (Phi) is 3.63. The van der Waals surface area contributed by atoms with Gasteiger partial charge in [0.15, 0.2) is 0 Å². The van der Waals surface area contributed by atoms with Crippen LogP contribution in [0, 0.1) is 18.2 Å². The fraction of sp³-hybridized carbons (Fsp3) is 0.316. The number of hydrogen-bond acceptors (Lipinski definition) is 2. The van der Waals surface area contributed by atoms with Gasteiger partial charge in [0.1, 0.15) is 11.9 Å². The van der Waals surface area contributed by atoms with Crippen molar-refractivity contribution in [2.45, 2.75) is 33.3 Å². The van der Waals surface area contributed by atoms with E-state index in [2.05, 4.69) is 6.07 Å². The Morgan fingerprint density at radius 3 is 2.61 bits per heavy atom. The summed E-state index contributed by atoms with van der Waals surface area (Å²) in [5, 5.41) is 0. The summed E-state index contributed by atoms with van der Waals surface area (Å²) in [5.41, 5.74) is 9.77. The van der Waals surface area contributed by atoms with Crippen molar-refractivity contribution in [1.29, 1.82) is 0 Å². The average Bonchev–Trinajstić information content (AvgIpc) is 2.67. The van der Waals surface area contributed by atoms with Crippen LogP contribution in [0.25, 0.3) is 11.1 Å². The summed E-state index contributed by atoms with van der Waals surface area (Å²) < 4.78 is 19.0. The zero-order valence-electron chi connectivity index (χ0n) is 13.5. The number of carbonyl (C=O) groups is 1. The third-order valence-electron chi connectivity index (χ3n) is 4.39. The van der Waals surface area contributed by atoms with Crippen molar-refractivity contribution < 1.29 is 13.9 Å². The van der Waals surface area contributed by atoms with Crippen molar-refractivity contribution in [3.8, 4) is 11.1 Å². The number of halogens is 1. The van der Waals surface area contributed by atoms with Crippen LogP contribution >= 0.6 is 0 Å². The van der Waals surface area contributed by atoms with Crippen LogP contribution in [0.3, 0.4) is 0 Å². The predicted molar refractivity (Wildman–Crippen MR) is 87.5 cm³/mol. The van der Waals surface area contributed by atoms with E-state index < -0.39 is 6.09 Å². The van der Waals surface area contributed by atoms with Crippen LogP contribution in [0.15, 0.2) is 36.4 Å². The van der Waals surface area contributed by atoms with Crippen LogP contribution in [0.4, 0.5) is 9.18 Å². The highest BCUT2D eigenvalue weighted by Gasteiger charge is 2.41. The van der Waals surface area contributed by atoms with Crippen LogP contribution in [0.5, 0.6) is 0 Å². The maximum atomic E-state index is 13.6. The molecule has 1 aliphatic rings. The Bertz CT molecular complexity index is 763. The first kappa shape index (κ1) is 15.5. The molecule has 23 heavy (non-hydrogen) atoms. The normalized spacial score (nSPS) is 18.5. The first-order valence-corrected chi connectivity index (χ1v) is 7.63. The first-order chi connectivity index (χ1) is 10.8. The third-order valence-corrected chi connectivity index (χ3v) is 4.39. The third kappa shape index (κ3) is 2.93. The molecule has 0 spiro atoms. The number of aryl methyl sites for hydroxylation is 1. The Hall–Kier alpha value is -2.36. The van der Waals surface area contributed by atoms with E-state index in [9.17, 15) is 9.18 Å². The monoisotopic (exact) mass is 313 g/mol. The number of carbonyl (C=O) groups excluding carboxylic acids is 1. The van der Waals surface area contributed by atoms with Gasteiger partial charge in [0.05, 0.1) is 0 Å². The standard InChI is InChI=1S/C19H20FNO2/c1-11-6-13(9-15(20)7-11)12-4-5-16-14(8-12)10-19(2,3)17(16)23-18(21)22/h4-9,17H,10H2,1-3H3,(H2,21,22). The van der Waals surface area contributed by atoms with Crippen LogP contribution in [-0.4, -0.2) is 6.09 Å². The number of rotatable bonds is 2. The highest BCUT2D eigenvalue weighted by Crippen LogP contribution is 2.48. The molecular weight excluding hydrogens is 293 g/mol. The molecule has 1 amide bonds. The highest BCUT2D eigenvalue weighted by atomic mass is 19.1. The molecule has 3 rings (SSSR count). The summed E-state index contributed by atoms with van der Waals surface area (Å²) in [7, 11) is 0. The SMILES string of the molecule is Cc1cc(F)cc(-c2ccc3c(c2)CC(C)(C)C3OC(N)=O)c1. The average molecular weight is 313 g/mol. The fourth-order valence-electron chi connectivity index (χ4n) is 3.44. The molecule has 0 aliphatic heterocycles. The summed E-state index contributed by atoms with van der Waals surface area (Å²) in [6.45, 7) is 5.97. The van der Waals surface area contributed by atoms with Gasteiger partial charge >= 0.3 is 6.09 Å². The summed E-state index contributed by atoms with van der Waals surface area (Å²) in [6.07, 6.45) is -0.332. The number of benzene rings is 2. The van der Waals surface area contributed by atoms with E-state index in [1.807, 2.05) is 39.0 Å². The van der Waals surface area contributed by atoms with Gasteiger partial charge in [0, 0.05) is 5.41 Å². The van der Waals surface area contributed by atoms with Gasteiger partial charge in [-0.2, -0.15) is 0 Å². The molecule has 0 saturated carbocycles. The lowest BCUT2D eigenvalue weighted by Gasteiger charge is -2.26. The predicted octanol–water partition coefficient (Wildman–Crippen LogP) is 4.52. The van der Waals surface area contributed by atoms with Crippen LogP contribution in [-0.2, 0) is 11.2 Å². The number of primary amides is 1. The molecular formula is C19H20FNO2. The summed E-state index contributed by atoms with van der Waals surface area (Å²) in [4.78, 5) is 11.2. The van der Waals surface area contributed by atoms with Crippen LogP contribution < -0.4 is 5.73 Å². The second-order valence-electron chi connectivity index (χ2n) is 6.91. The van der Waals surface area contributed by atoms with Crippen molar-refractivity contribution in [3.63, 3.8) is 0 Å². The summed E-state index contributed by atoms with van der Waals surface area (Å²) in [6, 6.07) is 10.9. The minimum absolute atomic E-state index is 0.214. The second kappa shape index (κ2) is 5.37. The van der Waals surface area contributed by atoms with E-state index in [0.29, 0.717) is 0 Å². The lowest BCUT2D eigenvalue weighted by molar-refractivity contribution is 0.0392. The van der Waals surface area contributed by atoms with E-state index >= 15 is 0 Å². The molecule has 2 aromatic rings. The van der Waals surface area contributed by atoms with Crippen LogP contribution in [0.2, 0.25) is 0 Å². The number of nitrogens with two attached hydrogens (primary N) is 1. The molecule has 0 bridgehead atoms.